The molecule has 1 aromatic heterocycles. The zero-order valence-corrected chi connectivity index (χ0v) is 12.5. The number of anilines is 2. The van der Waals surface area contributed by atoms with Crippen LogP contribution in [0.1, 0.15) is 5.76 Å². The molecule has 0 spiro atoms. The maximum absolute atomic E-state index is 14.2. The lowest BCUT2D eigenvalue weighted by Gasteiger charge is -2.29. The van der Waals surface area contributed by atoms with E-state index in [0.717, 1.165) is 0 Å². The highest BCUT2D eigenvalue weighted by molar-refractivity contribution is 6.01. The van der Waals surface area contributed by atoms with Gasteiger partial charge in [-0.05, 0) is 36.4 Å². The van der Waals surface area contributed by atoms with Gasteiger partial charge in [0.15, 0.2) is 0 Å². The number of nitrogens with one attached hydrogen (secondary N) is 1. The molecule has 0 bridgehead atoms. The number of halogens is 1. The molecule has 1 aromatic carbocycles. The van der Waals surface area contributed by atoms with Gasteiger partial charge in [-0.25, -0.2) is 4.39 Å². The lowest BCUT2D eigenvalue weighted by Crippen LogP contribution is -2.36. The number of amides is 1. The fourth-order valence-corrected chi connectivity index (χ4v) is 2.37. The number of hydrogen-bond acceptors (Lipinski definition) is 4. The monoisotopic (exact) mass is 316 g/mol. The molecular formula is C17H17FN2O3. The van der Waals surface area contributed by atoms with Crippen LogP contribution in [0.25, 0.3) is 6.08 Å². The van der Waals surface area contributed by atoms with Crippen LogP contribution in [0, 0.1) is 5.82 Å². The van der Waals surface area contributed by atoms with Gasteiger partial charge >= 0.3 is 0 Å². The molecule has 0 unspecified atom stereocenters. The third kappa shape index (κ3) is 3.98. The molecule has 3 rings (SSSR count). The Morgan fingerprint density at radius 3 is 2.78 bits per heavy atom. The number of benzene rings is 1. The first-order valence-electron chi connectivity index (χ1n) is 7.37. The molecule has 1 fully saturated rings. The van der Waals surface area contributed by atoms with Crippen molar-refractivity contribution in [2.24, 2.45) is 0 Å². The predicted molar refractivity (Wildman–Crippen MR) is 85.8 cm³/mol. The number of carbonyl (C=O) groups is 1. The highest BCUT2D eigenvalue weighted by Crippen LogP contribution is 2.23. The van der Waals surface area contributed by atoms with Crippen LogP contribution < -0.4 is 10.2 Å². The first-order valence-corrected chi connectivity index (χ1v) is 7.37. The van der Waals surface area contributed by atoms with E-state index in [9.17, 15) is 9.18 Å². The smallest absolute Gasteiger partial charge is 0.248 e. The average Bonchev–Trinajstić information content (AvgIpc) is 3.07. The van der Waals surface area contributed by atoms with Crippen LogP contribution in [0.15, 0.2) is 47.1 Å². The van der Waals surface area contributed by atoms with Crippen molar-refractivity contribution in [3.05, 3.63) is 54.2 Å². The predicted octanol–water partition coefficient (Wildman–Crippen LogP) is 2.91. The van der Waals surface area contributed by atoms with Gasteiger partial charge in [0.25, 0.3) is 0 Å². The summed E-state index contributed by atoms with van der Waals surface area (Å²) >= 11 is 0. The van der Waals surface area contributed by atoms with Crippen LogP contribution in [0.5, 0.6) is 0 Å². The summed E-state index contributed by atoms with van der Waals surface area (Å²) in [5, 5.41) is 2.62. The van der Waals surface area contributed by atoms with Crippen LogP contribution in [0.4, 0.5) is 15.8 Å². The van der Waals surface area contributed by atoms with Gasteiger partial charge in [-0.1, -0.05) is 0 Å². The number of morpholine rings is 1. The van der Waals surface area contributed by atoms with Crippen LogP contribution in [0.3, 0.4) is 0 Å². The summed E-state index contributed by atoms with van der Waals surface area (Å²) in [5.41, 5.74) is 0.936. The Morgan fingerprint density at radius 1 is 1.26 bits per heavy atom. The third-order valence-electron chi connectivity index (χ3n) is 3.51. The Hall–Kier alpha value is -2.60. The van der Waals surface area contributed by atoms with Gasteiger partial charge in [0.1, 0.15) is 11.6 Å². The molecule has 0 atom stereocenters. The Kier molecular flexibility index (Phi) is 4.73. The second-order valence-electron chi connectivity index (χ2n) is 5.10. The minimum absolute atomic E-state index is 0.347. The van der Waals surface area contributed by atoms with Gasteiger partial charge < -0.3 is 19.4 Å². The molecule has 1 amide bonds. The van der Waals surface area contributed by atoms with E-state index in [2.05, 4.69) is 5.32 Å². The minimum atomic E-state index is -0.361. The van der Waals surface area contributed by atoms with Gasteiger partial charge in [-0.3, -0.25) is 4.79 Å². The fourth-order valence-electron chi connectivity index (χ4n) is 2.37. The lowest BCUT2D eigenvalue weighted by molar-refractivity contribution is -0.111. The van der Waals surface area contributed by atoms with Gasteiger partial charge in [-0.2, -0.15) is 0 Å². The van der Waals surface area contributed by atoms with E-state index in [0.29, 0.717) is 43.4 Å². The van der Waals surface area contributed by atoms with Crippen molar-refractivity contribution in [2.45, 2.75) is 0 Å². The van der Waals surface area contributed by atoms with Crippen molar-refractivity contribution in [2.75, 3.05) is 36.5 Å². The molecule has 1 N–H and O–H groups in total. The van der Waals surface area contributed by atoms with Crippen molar-refractivity contribution >= 4 is 23.4 Å². The van der Waals surface area contributed by atoms with Crippen LogP contribution >= 0.6 is 0 Å². The molecule has 2 aromatic rings. The highest BCUT2D eigenvalue weighted by Gasteiger charge is 2.15. The standard InChI is InChI=1S/C17H17FN2O3/c18-15-12-13(3-5-16(15)20-7-10-22-11-8-20)19-17(21)6-4-14-2-1-9-23-14/h1-6,9,12H,7-8,10-11H2,(H,19,21)/b6-4+. The summed E-state index contributed by atoms with van der Waals surface area (Å²) in [6.45, 7) is 2.51. The van der Waals surface area contributed by atoms with Crippen molar-refractivity contribution in [1.29, 1.82) is 0 Å². The van der Waals surface area contributed by atoms with E-state index < -0.39 is 0 Å². The van der Waals surface area contributed by atoms with Gasteiger partial charge in [-0.15, -0.1) is 0 Å². The summed E-state index contributed by atoms with van der Waals surface area (Å²) in [6.07, 6.45) is 4.41. The highest BCUT2D eigenvalue weighted by atomic mass is 19.1. The lowest BCUT2D eigenvalue weighted by atomic mass is 10.2. The molecule has 5 nitrogen and oxygen atoms in total. The number of furan rings is 1. The summed E-state index contributed by atoms with van der Waals surface area (Å²) < 4.78 is 24.6. The van der Waals surface area contributed by atoms with E-state index in [1.807, 2.05) is 4.90 Å². The van der Waals surface area contributed by atoms with E-state index in [4.69, 9.17) is 9.15 Å². The molecule has 2 heterocycles. The molecule has 6 heteroatoms. The van der Waals surface area contributed by atoms with Gasteiger partial charge in [0.2, 0.25) is 5.91 Å². The van der Waals surface area contributed by atoms with Crippen molar-refractivity contribution in [1.82, 2.24) is 0 Å². The van der Waals surface area contributed by atoms with E-state index in [1.54, 1.807) is 30.3 Å². The molecule has 23 heavy (non-hydrogen) atoms. The zero-order valence-electron chi connectivity index (χ0n) is 12.5. The van der Waals surface area contributed by atoms with E-state index in [1.165, 1.54) is 18.4 Å². The SMILES string of the molecule is O=C(/C=C/c1ccco1)Nc1ccc(N2CCOCC2)c(F)c1. The largest absolute Gasteiger partial charge is 0.465 e. The summed E-state index contributed by atoms with van der Waals surface area (Å²) in [7, 11) is 0. The Balaban J connectivity index is 1.64. The molecule has 0 radical (unpaired) electrons. The number of nitrogens with zero attached hydrogens (tertiary/aromatic N) is 1. The topological polar surface area (TPSA) is 54.7 Å². The second kappa shape index (κ2) is 7.11. The van der Waals surface area contributed by atoms with Crippen LogP contribution in [-0.4, -0.2) is 32.2 Å². The van der Waals surface area contributed by atoms with Crippen molar-refractivity contribution in [3.63, 3.8) is 0 Å². The third-order valence-corrected chi connectivity index (χ3v) is 3.51. The number of hydrogen-bond donors (Lipinski definition) is 1. The number of ether oxygens (including phenoxy) is 1. The van der Waals surface area contributed by atoms with E-state index in [-0.39, 0.29) is 11.7 Å². The molecule has 1 aliphatic rings. The van der Waals surface area contributed by atoms with E-state index >= 15 is 0 Å². The van der Waals surface area contributed by atoms with Crippen LogP contribution in [0.2, 0.25) is 0 Å². The van der Waals surface area contributed by atoms with Gasteiger partial charge in [0.05, 0.1) is 25.2 Å². The first kappa shape index (κ1) is 15.3. The number of rotatable bonds is 4. The summed E-state index contributed by atoms with van der Waals surface area (Å²) in [6, 6.07) is 8.15. The number of carbonyl (C=O) groups excluding carboxylic acids is 1. The fraction of sp³-hybridized carbons (Fsp3) is 0.235. The maximum Gasteiger partial charge on any atom is 0.248 e. The quantitative estimate of drug-likeness (QED) is 0.881. The molecule has 0 saturated carbocycles. The van der Waals surface area contributed by atoms with Crippen molar-refractivity contribution < 1.29 is 18.3 Å². The zero-order chi connectivity index (χ0) is 16.1. The van der Waals surface area contributed by atoms with Crippen LogP contribution in [-0.2, 0) is 9.53 Å². The minimum Gasteiger partial charge on any atom is -0.465 e. The molecular weight excluding hydrogens is 299 g/mol. The van der Waals surface area contributed by atoms with Gasteiger partial charge in [0, 0.05) is 24.9 Å². The maximum atomic E-state index is 14.2. The summed E-state index contributed by atoms with van der Waals surface area (Å²) in [5.74, 6) is -0.131. The average molecular weight is 316 g/mol. The molecule has 1 saturated heterocycles. The second-order valence-corrected chi connectivity index (χ2v) is 5.10. The van der Waals surface area contributed by atoms with Crippen molar-refractivity contribution in [3.8, 4) is 0 Å². The molecule has 1 aliphatic heterocycles. The normalized spacial score (nSPS) is 15.1. The Bertz CT molecular complexity index is 692. The Labute approximate surface area is 133 Å². The summed E-state index contributed by atoms with van der Waals surface area (Å²) in [4.78, 5) is 13.7. The Morgan fingerprint density at radius 2 is 2.09 bits per heavy atom. The first-order chi connectivity index (χ1) is 11.2. The molecule has 0 aliphatic carbocycles. The molecule has 120 valence electrons.